The van der Waals surface area contributed by atoms with Crippen LogP contribution < -0.4 is 10.6 Å². The molecule has 7 heteroatoms. The molecule has 1 unspecified atom stereocenters. The molecule has 0 aliphatic carbocycles. The van der Waals surface area contributed by atoms with Gasteiger partial charge in [-0.1, -0.05) is 29.8 Å². The number of rotatable bonds is 5. The van der Waals surface area contributed by atoms with Crippen LogP contribution in [0.4, 0.5) is 4.79 Å². The third-order valence-corrected chi connectivity index (χ3v) is 2.88. The molecule has 118 valence electrons. The molecule has 0 aromatic heterocycles. The summed E-state index contributed by atoms with van der Waals surface area (Å²) in [5.74, 6) is -1.41. The topological polar surface area (TPSA) is 84.5 Å². The van der Waals surface area contributed by atoms with Gasteiger partial charge in [-0.2, -0.15) is 0 Å². The second-order valence-electron chi connectivity index (χ2n) is 4.28. The first-order valence-electron chi connectivity index (χ1n) is 6.66. The molecule has 0 saturated heterocycles. The van der Waals surface area contributed by atoms with Gasteiger partial charge in [-0.25, -0.2) is 9.59 Å². The Kier molecular flexibility index (Phi) is 7.12. The summed E-state index contributed by atoms with van der Waals surface area (Å²) < 4.78 is 4.89. The minimum absolute atomic E-state index is 0.383. The van der Waals surface area contributed by atoms with Crippen LogP contribution in [-0.4, -0.2) is 30.6 Å². The number of nitrogens with one attached hydrogen (secondary N) is 2. The van der Waals surface area contributed by atoms with Crippen LogP contribution in [0.25, 0.3) is 6.08 Å². The van der Waals surface area contributed by atoms with E-state index >= 15 is 0 Å². The third kappa shape index (κ3) is 5.97. The van der Waals surface area contributed by atoms with E-state index in [9.17, 15) is 14.4 Å². The summed E-state index contributed by atoms with van der Waals surface area (Å²) in [7, 11) is 0. The minimum Gasteiger partial charge on any atom is -0.449 e. The molecule has 0 aliphatic heterocycles. The van der Waals surface area contributed by atoms with E-state index in [0.717, 1.165) is 6.08 Å². The lowest BCUT2D eigenvalue weighted by molar-refractivity contribution is -0.149. The first kappa shape index (κ1) is 17.7. The van der Waals surface area contributed by atoms with Crippen LogP contribution in [0.3, 0.4) is 0 Å². The van der Waals surface area contributed by atoms with Gasteiger partial charge in [-0.3, -0.25) is 10.1 Å². The molecule has 3 amide bonds. The average Bonchev–Trinajstić information content (AvgIpc) is 2.46. The van der Waals surface area contributed by atoms with E-state index in [4.69, 9.17) is 16.3 Å². The number of esters is 1. The van der Waals surface area contributed by atoms with Crippen molar-refractivity contribution in [3.8, 4) is 0 Å². The van der Waals surface area contributed by atoms with E-state index in [1.807, 2.05) is 0 Å². The molecule has 2 N–H and O–H groups in total. The van der Waals surface area contributed by atoms with Crippen molar-refractivity contribution >= 4 is 35.6 Å². The van der Waals surface area contributed by atoms with Gasteiger partial charge >= 0.3 is 12.0 Å². The number of hydrogen-bond donors (Lipinski definition) is 2. The highest BCUT2D eigenvalue weighted by Crippen LogP contribution is 2.16. The second-order valence-corrected chi connectivity index (χ2v) is 4.69. The molecule has 0 saturated carbocycles. The minimum atomic E-state index is -1.09. The van der Waals surface area contributed by atoms with Crippen LogP contribution in [0.2, 0.25) is 5.02 Å². The van der Waals surface area contributed by atoms with Crippen LogP contribution >= 0.6 is 11.6 Å². The Morgan fingerprint density at radius 3 is 2.64 bits per heavy atom. The van der Waals surface area contributed by atoms with Gasteiger partial charge in [0.15, 0.2) is 6.10 Å². The maximum Gasteiger partial charge on any atom is 0.331 e. The van der Waals surface area contributed by atoms with Crippen molar-refractivity contribution in [2.45, 2.75) is 20.0 Å². The smallest absolute Gasteiger partial charge is 0.331 e. The number of carbonyl (C=O) groups is 3. The van der Waals surface area contributed by atoms with Crippen LogP contribution in [0.5, 0.6) is 0 Å². The van der Waals surface area contributed by atoms with E-state index in [1.165, 1.54) is 13.0 Å². The quantitative estimate of drug-likeness (QED) is 0.642. The monoisotopic (exact) mass is 324 g/mol. The number of halogens is 1. The number of benzene rings is 1. The van der Waals surface area contributed by atoms with E-state index in [-0.39, 0.29) is 0 Å². The van der Waals surface area contributed by atoms with Gasteiger partial charge in [0.2, 0.25) is 0 Å². The number of imide groups is 1. The highest BCUT2D eigenvalue weighted by Gasteiger charge is 2.18. The van der Waals surface area contributed by atoms with Crippen molar-refractivity contribution in [3.63, 3.8) is 0 Å². The first-order valence-corrected chi connectivity index (χ1v) is 7.03. The number of hydrogen-bond acceptors (Lipinski definition) is 4. The second kappa shape index (κ2) is 8.84. The normalized spacial score (nSPS) is 11.8. The van der Waals surface area contributed by atoms with Crippen LogP contribution in [0, 0.1) is 0 Å². The summed E-state index contributed by atoms with van der Waals surface area (Å²) in [5.41, 5.74) is 0.653. The molecule has 0 spiro atoms. The molecule has 22 heavy (non-hydrogen) atoms. The van der Waals surface area contributed by atoms with Gasteiger partial charge in [0, 0.05) is 17.6 Å². The Balaban J connectivity index is 2.52. The fraction of sp³-hybridized carbons (Fsp3) is 0.267. The lowest BCUT2D eigenvalue weighted by atomic mass is 10.2. The molecule has 0 radical (unpaired) electrons. The Hall–Kier alpha value is -2.34. The molecule has 1 aromatic carbocycles. The van der Waals surface area contributed by atoms with E-state index in [2.05, 4.69) is 10.6 Å². The van der Waals surface area contributed by atoms with Crippen molar-refractivity contribution in [2.75, 3.05) is 6.54 Å². The predicted octanol–water partition coefficient (Wildman–Crippen LogP) is 2.13. The summed E-state index contributed by atoms with van der Waals surface area (Å²) in [6, 6.07) is 6.33. The van der Waals surface area contributed by atoms with Crippen molar-refractivity contribution in [3.05, 3.63) is 40.9 Å². The highest BCUT2D eigenvalue weighted by molar-refractivity contribution is 6.32. The molecule has 1 atom stereocenters. The molecule has 0 aliphatic rings. The fourth-order valence-electron chi connectivity index (χ4n) is 1.45. The van der Waals surface area contributed by atoms with Gasteiger partial charge < -0.3 is 10.1 Å². The van der Waals surface area contributed by atoms with Gasteiger partial charge in [-0.05, 0) is 31.6 Å². The van der Waals surface area contributed by atoms with Crippen LogP contribution in [-0.2, 0) is 14.3 Å². The van der Waals surface area contributed by atoms with Crippen LogP contribution in [0.15, 0.2) is 30.3 Å². The number of amides is 3. The van der Waals surface area contributed by atoms with Crippen molar-refractivity contribution < 1.29 is 19.1 Å². The molecule has 0 heterocycles. The zero-order chi connectivity index (χ0) is 16.5. The van der Waals surface area contributed by atoms with Crippen molar-refractivity contribution in [2.24, 2.45) is 0 Å². The van der Waals surface area contributed by atoms with Crippen molar-refractivity contribution in [1.29, 1.82) is 0 Å². The summed E-state index contributed by atoms with van der Waals surface area (Å²) in [6.45, 7) is 3.47. The van der Waals surface area contributed by atoms with E-state index in [0.29, 0.717) is 17.1 Å². The number of urea groups is 1. The average molecular weight is 325 g/mol. The van der Waals surface area contributed by atoms with Gasteiger partial charge in [0.05, 0.1) is 0 Å². The van der Waals surface area contributed by atoms with Gasteiger partial charge in [0.25, 0.3) is 5.91 Å². The summed E-state index contributed by atoms with van der Waals surface area (Å²) >= 11 is 5.94. The molecule has 1 rings (SSSR count). The zero-order valence-electron chi connectivity index (χ0n) is 12.3. The lowest BCUT2D eigenvalue weighted by Crippen LogP contribution is -2.44. The van der Waals surface area contributed by atoms with Gasteiger partial charge in [-0.15, -0.1) is 0 Å². The van der Waals surface area contributed by atoms with Crippen LogP contribution in [0.1, 0.15) is 19.4 Å². The van der Waals surface area contributed by atoms with Crippen molar-refractivity contribution in [1.82, 2.24) is 10.6 Å². The fourth-order valence-corrected chi connectivity index (χ4v) is 1.65. The molecule has 6 nitrogen and oxygen atoms in total. The first-order chi connectivity index (χ1) is 10.4. The standard InChI is InChI=1S/C15H17ClN2O4/c1-3-17-15(21)18-14(20)10(2)22-13(19)9-8-11-6-4-5-7-12(11)16/h4-10H,3H2,1-2H3,(H2,17,18,20,21)/b9-8+. The summed E-state index contributed by atoms with van der Waals surface area (Å²) in [6.07, 6.45) is 1.56. The highest BCUT2D eigenvalue weighted by atomic mass is 35.5. The third-order valence-electron chi connectivity index (χ3n) is 2.54. The Morgan fingerprint density at radius 1 is 1.32 bits per heavy atom. The lowest BCUT2D eigenvalue weighted by Gasteiger charge is -2.11. The molecular formula is C15H17ClN2O4. The van der Waals surface area contributed by atoms with E-state index in [1.54, 1.807) is 31.2 Å². The summed E-state index contributed by atoms with van der Waals surface area (Å²) in [4.78, 5) is 34.4. The molecule has 1 aromatic rings. The Morgan fingerprint density at radius 2 is 2.00 bits per heavy atom. The molecule has 0 fully saturated rings. The molecular weight excluding hydrogens is 308 g/mol. The summed E-state index contributed by atoms with van der Waals surface area (Å²) in [5, 5.41) is 4.95. The predicted molar refractivity (Wildman–Crippen MR) is 83.3 cm³/mol. The van der Waals surface area contributed by atoms with Gasteiger partial charge in [0.1, 0.15) is 0 Å². The number of ether oxygens (including phenoxy) is 1. The Bertz CT molecular complexity index is 587. The number of carbonyl (C=O) groups excluding carboxylic acids is 3. The Labute approximate surface area is 133 Å². The largest absolute Gasteiger partial charge is 0.449 e. The maximum atomic E-state index is 11.6. The molecule has 0 bridgehead atoms. The maximum absolute atomic E-state index is 11.6. The SMILES string of the molecule is CCNC(=O)NC(=O)C(C)OC(=O)/C=C/c1ccccc1Cl. The van der Waals surface area contributed by atoms with E-state index < -0.39 is 24.0 Å². The zero-order valence-corrected chi connectivity index (χ0v) is 13.0.